The fourth-order valence-electron chi connectivity index (χ4n) is 2.96. The Labute approximate surface area is 173 Å². The molecule has 0 aliphatic carbocycles. The van der Waals surface area contributed by atoms with Crippen LogP contribution in [0.15, 0.2) is 70.2 Å². The fraction of sp³-hybridized carbons (Fsp3) is 0.190. The molecule has 1 aromatic heterocycles. The van der Waals surface area contributed by atoms with Gasteiger partial charge in [0, 0.05) is 12.5 Å². The summed E-state index contributed by atoms with van der Waals surface area (Å²) in [7, 11) is -3.96. The normalized spacial score (nSPS) is 13.3. The number of furan rings is 1. The minimum Gasteiger partial charge on any atom is -0.490 e. The second kappa shape index (κ2) is 8.50. The molecule has 2 aromatic carbocycles. The lowest BCUT2D eigenvalue weighted by atomic mass is 10.1. The van der Waals surface area contributed by atoms with E-state index in [1.807, 2.05) is 0 Å². The van der Waals surface area contributed by atoms with E-state index >= 15 is 0 Å². The molecule has 9 heteroatoms. The van der Waals surface area contributed by atoms with Crippen LogP contribution in [-0.2, 0) is 16.6 Å². The van der Waals surface area contributed by atoms with Crippen molar-refractivity contribution in [3.05, 3.63) is 72.2 Å². The Morgan fingerprint density at radius 1 is 0.967 bits per heavy atom. The van der Waals surface area contributed by atoms with Crippen molar-refractivity contribution in [3.8, 4) is 11.5 Å². The maximum absolute atomic E-state index is 12.9. The lowest BCUT2D eigenvalue weighted by molar-refractivity contribution is 0.0949. The largest absolute Gasteiger partial charge is 0.490 e. The van der Waals surface area contributed by atoms with Gasteiger partial charge in [-0.05, 0) is 36.4 Å². The molecule has 4 rings (SSSR count). The summed E-state index contributed by atoms with van der Waals surface area (Å²) in [6.45, 7) is 1.15. The van der Waals surface area contributed by atoms with Gasteiger partial charge >= 0.3 is 0 Å². The molecule has 8 nitrogen and oxygen atoms in total. The molecule has 0 saturated heterocycles. The van der Waals surface area contributed by atoms with Gasteiger partial charge < -0.3 is 19.2 Å². The Bertz CT molecular complexity index is 1140. The molecule has 0 fully saturated rings. The van der Waals surface area contributed by atoms with Gasteiger partial charge in [-0.15, -0.1) is 0 Å². The maximum atomic E-state index is 12.9. The number of rotatable bonds is 6. The number of carbonyl (C=O) groups is 1. The highest BCUT2D eigenvalue weighted by Crippen LogP contribution is 2.32. The van der Waals surface area contributed by atoms with Gasteiger partial charge in [0.15, 0.2) is 11.5 Å². The van der Waals surface area contributed by atoms with Crippen molar-refractivity contribution < 1.29 is 27.1 Å². The third kappa shape index (κ3) is 4.41. The summed E-state index contributed by atoms with van der Waals surface area (Å²) >= 11 is 0. The molecule has 2 N–H and O–H groups in total. The van der Waals surface area contributed by atoms with Crippen molar-refractivity contribution in [2.75, 3.05) is 17.9 Å². The SMILES string of the molecule is O=C(NCc1ccco1)c1ccccc1NS(=O)(=O)c1ccc2c(c1)OCCCO2. The standard InChI is InChI=1S/C21H20N2O6S/c24-21(22-14-15-5-3-10-27-15)17-6-1-2-7-18(17)23-30(25,26)16-8-9-19-20(13-16)29-12-4-11-28-19/h1-3,5-10,13,23H,4,11-12,14H2,(H,22,24). The molecule has 0 spiro atoms. The molecular weight excluding hydrogens is 408 g/mol. The number of para-hydroxylation sites is 1. The Hall–Kier alpha value is -3.46. The zero-order chi connectivity index (χ0) is 21.0. The number of sulfonamides is 1. The molecule has 0 radical (unpaired) electrons. The van der Waals surface area contributed by atoms with Crippen LogP contribution in [0.4, 0.5) is 5.69 Å². The number of ether oxygens (including phenoxy) is 2. The number of hydrogen-bond acceptors (Lipinski definition) is 6. The average Bonchev–Trinajstić information content (AvgIpc) is 3.15. The first-order chi connectivity index (χ1) is 14.5. The van der Waals surface area contributed by atoms with Crippen molar-refractivity contribution >= 4 is 21.6 Å². The van der Waals surface area contributed by atoms with E-state index in [0.29, 0.717) is 30.5 Å². The molecule has 1 amide bonds. The Morgan fingerprint density at radius 2 is 1.77 bits per heavy atom. The van der Waals surface area contributed by atoms with E-state index in [4.69, 9.17) is 13.9 Å². The maximum Gasteiger partial charge on any atom is 0.262 e. The number of hydrogen-bond donors (Lipinski definition) is 2. The van der Waals surface area contributed by atoms with Gasteiger partial charge in [-0.3, -0.25) is 9.52 Å². The highest BCUT2D eigenvalue weighted by molar-refractivity contribution is 7.92. The zero-order valence-corrected chi connectivity index (χ0v) is 16.8. The summed E-state index contributed by atoms with van der Waals surface area (Å²) < 4.78 is 44.7. The lowest BCUT2D eigenvalue weighted by Crippen LogP contribution is -2.24. The van der Waals surface area contributed by atoms with E-state index in [1.54, 1.807) is 36.4 Å². The molecule has 3 aromatic rings. The van der Waals surface area contributed by atoms with Gasteiger partial charge in [0.1, 0.15) is 5.76 Å². The fourth-order valence-corrected chi connectivity index (χ4v) is 4.06. The second-order valence-corrected chi connectivity index (χ2v) is 8.25. The number of fused-ring (bicyclic) bond motifs is 1. The van der Waals surface area contributed by atoms with Crippen molar-refractivity contribution in [2.24, 2.45) is 0 Å². The second-order valence-electron chi connectivity index (χ2n) is 6.57. The molecule has 0 saturated carbocycles. The van der Waals surface area contributed by atoms with E-state index in [1.165, 1.54) is 24.5 Å². The summed E-state index contributed by atoms with van der Waals surface area (Å²) in [6.07, 6.45) is 2.23. The summed E-state index contributed by atoms with van der Waals surface area (Å²) in [5, 5.41) is 2.71. The van der Waals surface area contributed by atoms with Crippen LogP contribution in [0.25, 0.3) is 0 Å². The number of amides is 1. The molecule has 0 atom stereocenters. The van der Waals surface area contributed by atoms with Gasteiger partial charge in [0.05, 0.1) is 42.2 Å². The van der Waals surface area contributed by atoms with Crippen molar-refractivity contribution in [1.29, 1.82) is 0 Å². The van der Waals surface area contributed by atoms with Crippen LogP contribution in [0.3, 0.4) is 0 Å². The first kappa shape index (κ1) is 19.8. The summed E-state index contributed by atoms with van der Waals surface area (Å²) in [5.74, 6) is 1.04. The molecule has 0 bridgehead atoms. The van der Waals surface area contributed by atoms with Crippen LogP contribution in [0.1, 0.15) is 22.5 Å². The zero-order valence-electron chi connectivity index (χ0n) is 16.0. The highest BCUT2D eigenvalue weighted by atomic mass is 32.2. The third-order valence-electron chi connectivity index (χ3n) is 4.45. The van der Waals surface area contributed by atoms with Crippen LogP contribution >= 0.6 is 0 Å². The van der Waals surface area contributed by atoms with Gasteiger partial charge in [0.25, 0.3) is 15.9 Å². The molecular formula is C21H20N2O6S. The minimum absolute atomic E-state index is 0.0116. The molecule has 0 unspecified atom stereocenters. The van der Waals surface area contributed by atoms with Crippen LogP contribution in [-0.4, -0.2) is 27.5 Å². The molecule has 30 heavy (non-hydrogen) atoms. The molecule has 156 valence electrons. The number of benzene rings is 2. The highest BCUT2D eigenvalue weighted by Gasteiger charge is 2.21. The molecule has 1 aliphatic rings. The van der Waals surface area contributed by atoms with Crippen LogP contribution in [0.2, 0.25) is 0 Å². The number of anilines is 1. The van der Waals surface area contributed by atoms with Crippen molar-refractivity contribution in [3.63, 3.8) is 0 Å². The van der Waals surface area contributed by atoms with Crippen LogP contribution in [0, 0.1) is 0 Å². The number of carbonyl (C=O) groups excluding carboxylic acids is 1. The smallest absolute Gasteiger partial charge is 0.262 e. The minimum atomic E-state index is -3.96. The van der Waals surface area contributed by atoms with E-state index < -0.39 is 15.9 Å². The van der Waals surface area contributed by atoms with E-state index in [9.17, 15) is 13.2 Å². The Morgan fingerprint density at radius 3 is 2.57 bits per heavy atom. The van der Waals surface area contributed by atoms with Gasteiger partial charge in [-0.2, -0.15) is 0 Å². The monoisotopic (exact) mass is 428 g/mol. The first-order valence-corrected chi connectivity index (χ1v) is 10.8. The Kier molecular flexibility index (Phi) is 5.62. The van der Waals surface area contributed by atoms with E-state index in [0.717, 1.165) is 6.42 Å². The van der Waals surface area contributed by atoms with Gasteiger partial charge in [0.2, 0.25) is 0 Å². The van der Waals surface area contributed by atoms with Gasteiger partial charge in [-0.25, -0.2) is 8.42 Å². The van der Waals surface area contributed by atoms with Crippen molar-refractivity contribution in [2.45, 2.75) is 17.9 Å². The first-order valence-electron chi connectivity index (χ1n) is 9.35. The van der Waals surface area contributed by atoms with Gasteiger partial charge in [-0.1, -0.05) is 12.1 Å². The van der Waals surface area contributed by atoms with E-state index in [-0.39, 0.29) is 22.7 Å². The quantitative estimate of drug-likeness (QED) is 0.625. The number of nitrogens with one attached hydrogen (secondary N) is 2. The Balaban J connectivity index is 1.55. The summed E-state index contributed by atoms with van der Waals surface area (Å²) in [6, 6.07) is 14.3. The van der Waals surface area contributed by atoms with Crippen molar-refractivity contribution in [1.82, 2.24) is 5.32 Å². The average molecular weight is 428 g/mol. The lowest BCUT2D eigenvalue weighted by Gasteiger charge is -2.14. The van der Waals surface area contributed by atoms with E-state index in [2.05, 4.69) is 10.0 Å². The molecule has 1 aliphatic heterocycles. The topological polar surface area (TPSA) is 107 Å². The third-order valence-corrected chi connectivity index (χ3v) is 5.81. The van der Waals surface area contributed by atoms with Crippen LogP contribution < -0.4 is 19.5 Å². The summed E-state index contributed by atoms with van der Waals surface area (Å²) in [4.78, 5) is 12.6. The van der Waals surface area contributed by atoms with Crippen LogP contribution in [0.5, 0.6) is 11.5 Å². The molecule has 2 heterocycles. The predicted octanol–water partition coefficient (Wildman–Crippen LogP) is 3.17. The predicted molar refractivity (Wildman–Crippen MR) is 109 cm³/mol. The summed E-state index contributed by atoms with van der Waals surface area (Å²) in [5.41, 5.74) is 0.364.